The fraction of sp³-hybridized carbons (Fsp3) is 0.636. The number of anilines is 1. The summed E-state index contributed by atoms with van der Waals surface area (Å²) < 4.78 is 10.8. The van der Waals surface area contributed by atoms with Crippen molar-refractivity contribution >= 4 is 17.5 Å². The summed E-state index contributed by atoms with van der Waals surface area (Å²) >= 11 is 0. The van der Waals surface area contributed by atoms with Gasteiger partial charge in [0.15, 0.2) is 0 Å². The number of morpholine rings is 1. The molecule has 0 aromatic heterocycles. The largest absolute Gasteiger partial charge is 0.497 e. The normalized spacial score (nSPS) is 24.1. The molecule has 2 fully saturated rings. The van der Waals surface area contributed by atoms with Gasteiger partial charge in [-0.2, -0.15) is 0 Å². The van der Waals surface area contributed by atoms with Gasteiger partial charge in [0.25, 0.3) is 0 Å². The maximum Gasteiger partial charge on any atom is 0.236 e. The van der Waals surface area contributed by atoms with Crippen LogP contribution < -0.4 is 15.0 Å². The van der Waals surface area contributed by atoms with Gasteiger partial charge in [0.2, 0.25) is 11.8 Å². The highest BCUT2D eigenvalue weighted by Gasteiger charge is 2.42. The molecule has 2 atom stereocenters. The number of fused-ring (bicyclic) bond motifs is 3. The van der Waals surface area contributed by atoms with Gasteiger partial charge < -0.3 is 24.6 Å². The van der Waals surface area contributed by atoms with Gasteiger partial charge >= 0.3 is 0 Å². The number of hydrogen-bond donors (Lipinski definition) is 1. The van der Waals surface area contributed by atoms with E-state index in [0.717, 1.165) is 24.5 Å². The molecule has 8 heteroatoms. The average Bonchev–Trinajstić information content (AvgIpc) is 2.78. The second kappa shape index (κ2) is 9.22. The van der Waals surface area contributed by atoms with Gasteiger partial charge in [-0.15, -0.1) is 0 Å². The second-order valence-electron chi connectivity index (χ2n) is 8.19. The number of ether oxygens (including phenoxy) is 2. The lowest BCUT2D eigenvalue weighted by atomic mass is 9.83. The van der Waals surface area contributed by atoms with E-state index in [1.807, 2.05) is 17.9 Å². The number of benzene rings is 1. The summed E-state index contributed by atoms with van der Waals surface area (Å²) in [5.74, 6) is 0.940. The van der Waals surface area contributed by atoms with Crippen LogP contribution in [0.4, 0.5) is 5.69 Å². The molecule has 2 amide bonds. The first-order chi connectivity index (χ1) is 14.6. The molecular weight excluding hydrogens is 384 g/mol. The van der Waals surface area contributed by atoms with Crippen LogP contribution in [0.25, 0.3) is 0 Å². The minimum absolute atomic E-state index is 0.0439. The fourth-order valence-electron chi connectivity index (χ4n) is 4.82. The summed E-state index contributed by atoms with van der Waals surface area (Å²) in [6.07, 6.45) is 0.706. The number of nitrogens with one attached hydrogen (secondary N) is 1. The molecule has 30 heavy (non-hydrogen) atoms. The van der Waals surface area contributed by atoms with E-state index < -0.39 is 0 Å². The third-order valence-electron chi connectivity index (χ3n) is 6.42. The van der Waals surface area contributed by atoms with Crippen molar-refractivity contribution in [1.29, 1.82) is 0 Å². The lowest BCUT2D eigenvalue weighted by molar-refractivity contribution is -0.136. The summed E-state index contributed by atoms with van der Waals surface area (Å²) in [7, 11) is 1.68. The van der Waals surface area contributed by atoms with Crippen LogP contribution in [0.1, 0.15) is 12.5 Å². The van der Waals surface area contributed by atoms with Crippen LogP contribution in [0, 0.1) is 5.92 Å². The second-order valence-corrected chi connectivity index (χ2v) is 8.19. The standard InChI is InChI=1S/C22H32N4O4/c1-3-23-22(28)18-12-16-4-5-17(29-2)13-19(16)26-7-6-24(14-20(18)26)15-21(27)25-8-10-30-11-9-25/h4-5,13,18,20H,3,6-12,14-15H2,1-2H3,(H,23,28). The van der Waals surface area contributed by atoms with E-state index >= 15 is 0 Å². The van der Waals surface area contributed by atoms with Gasteiger partial charge in [-0.05, 0) is 25.0 Å². The van der Waals surface area contributed by atoms with Crippen LogP contribution in [0.15, 0.2) is 18.2 Å². The predicted octanol–water partition coefficient (Wildman–Crippen LogP) is 0.353. The number of rotatable bonds is 5. The Morgan fingerprint density at radius 1 is 1.20 bits per heavy atom. The van der Waals surface area contributed by atoms with Crippen LogP contribution in [-0.4, -0.2) is 93.8 Å². The van der Waals surface area contributed by atoms with Crippen LogP contribution in [0.2, 0.25) is 0 Å². The molecule has 1 N–H and O–H groups in total. The molecule has 2 unspecified atom stereocenters. The van der Waals surface area contributed by atoms with Gasteiger partial charge in [-0.3, -0.25) is 14.5 Å². The summed E-state index contributed by atoms with van der Waals surface area (Å²) in [6, 6.07) is 6.16. The SMILES string of the molecule is CCNC(=O)C1Cc2ccc(OC)cc2N2CCN(CC(=O)N3CCOCC3)CC12. The maximum atomic E-state index is 12.9. The minimum Gasteiger partial charge on any atom is -0.497 e. The topological polar surface area (TPSA) is 74.4 Å². The maximum absolute atomic E-state index is 12.9. The molecule has 8 nitrogen and oxygen atoms in total. The minimum atomic E-state index is -0.132. The fourth-order valence-corrected chi connectivity index (χ4v) is 4.82. The number of carbonyl (C=O) groups is 2. The van der Waals surface area contributed by atoms with E-state index in [2.05, 4.69) is 27.2 Å². The molecule has 0 radical (unpaired) electrons. The Kier molecular flexibility index (Phi) is 6.43. The van der Waals surface area contributed by atoms with Crippen LogP contribution >= 0.6 is 0 Å². The molecule has 3 aliphatic rings. The Hall–Kier alpha value is -2.32. The highest BCUT2D eigenvalue weighted by atomic mass is 16.5. The van der Waals surface area contributed by atoms with Crippen molar-refractivity contribution in [3.63, 3.8) is 0 Å². The van der Waals surface area contributed by atoms with Gasteiger partial charge in [0, 0.05) is 51.0 Å². The number of amides is 2. The summed E-state index contributed by atoms with van der Waals surface area (Å²) in [5, 5.41) is 3.01. The zero-order valence-corrected chi connectivity index (χ0v) is 17.9. The van der Waals surface area contributed by atoms with E-state index in [1.165, 1.54) is 5.56 Å². The Balaban J connectivity index is 1.52. The Morgan fingerprint density at radius 3 is 2.73 bits per heavy atom. The molecule has 3 aliphatic heterocycles. The Labute approximate surface area is 178 Å². The van der Waals surface area contributed by atoms with E-state index in [0.29, 0.717) is 52.4 Å². The summed E-state index contributed by atoms with van der Waals surface area (Å²) in [4.78, 5) is 32.1. The van der Waals surface area contributed by atoms with Crippen molar-refractivity contribution in [2.24, 2.45) is 5.92 Å². The quantitative estimate of drug-likeness (QED) is 0.747. The van der Waals surface area contributed by atoms with Crippen LogP contribution in [0.5, 0.6) is 5.75 Å². The number of piperazine rings is 1. The average molecular weight is 417 g/mol. The first-order valence-electron chi connectivity index (χ1n) is 10.9. The van der Waals surface area contributed by atoms with Crippen molar-refractivity contribution in [3.05, 3.63) is 23.8 Å². The Bertz CT molecular complexity index is 780. The zero-order chi connectivity index (χ0) is 21.1. The summed E-state index contributed by atoms with van der Waals surface area (Å²) in [5.41, 5.74) is 2.33. The summed E-state index contributed by atoms with van der Waals surface area (Å²) in [6.45, 7) is 7.81. The van der Waals surface area contributed by atoms with E-state index in [1.54, 1.807) is 7.11 Å². The third kappa shape index (κ3) is 4.25. The number of hydrogen-bond acceptors (Lipinski definition) is 6. The zero-order valence-electron chi connectivity index (χ0n) is 17.9. The van der Waals surface area contributed by atoms with Gasteiger partial charge in [-0.25, -0.2) is 0 Å². The van der Waals surface area contributed by atoms with E-state index in [4.69, 9.17) is 9.47 Å². The Morgan fingerprint density at radius 2 is 2.00 bits per heavy atom. The van der Waals surface area contributed by atoms with Crippen molar-refractivity contribution in [2.45, 2.75) is 19.4 Å². The molecular formula is C22H32N4O4. The van der Waals surface area contributed by atoms with Crippen molar-refractivity contribution < 1.29 is 19.1 Å². The van der Waals surface area contributed by atoms with Crippen LogP contribution in [-0.2, 0) is 20.7 Å². The smallest absolute Gasteiger partial charge is 0.236 e. The van der Waals surface area contributed by atoms with Crippen molar-refractivity contribution in [2.75, 3.05) is 71.0 Å². The molecule has 164 valence electrons. The molecule has 0 aliphatic carbocycles. The molecule has 1 aromatic carbocycles. The van der Waals surface area contributed by atoms with E-state index in [9.17, 15) is 9.59 Å². The molecule has 3 heterocycles. The lowest BCUT2D eigenvalue weighted by Gasteiger charge is -2.49. The van der Waals surface area contributed by atoms with Crippen LogP contribution in [0.3, 0.4) is 0 Å². The molecule has 2 saturated heterocycles. The highest BCUT2D eigenvalue weighted by molar-refractivity contribution is 5.82. The first kappa shape index (κ1) is 20.9. The molecule has 0 bridgehead atoms. The molecule has 0 spiro atoms. The molecule has 1 aromatic rings. The lowest BCUT2D eigenvalue weighted by Crippen LogP contribution is -2.62. The number of methoxy groups -OCH3 is 1. The van der Waals surface area contributed by atoms with E-state index in [-0.39, 0.29) is 23.8 Å². The molecule has 0 saturated carbocycles. The predicted molar refractivity (Wildman–Crippen MR) is 114 cm³/mol. The number of nitrogens with zero attached hydrogens (tertiary/aromatic N) is 3. The third-order valence-corrected chi connectivity index (χ3v) is 6.42. The monoisotopic (exact) mass is 416 g/mol. The molecule has 4 rings (SSSR count). The van der Waals surface area contributed by atoms with Crippen molar-refractivity contribution in [1.82, 2.24) is 15.1 Å². The van der Waals surface area contributed by atoms with Crippen molar-refractivity contribution in [3.8, 4) is 5.75 Å². The van der Waals surface area contributed by atoms with Gasteiger partial charge in [0.05, 0.1) is 38.8 Å². The first-order valence-corrected chi connectivity index (χ1v) is 10.9. The highest BCUT2D eigenvalue weighted by Crippen LogP contribution is 2.38. The number of carbonyl (C=O) groups excluding carboxylic acids is 2. The van der Waals surface area contributed by atoms with Gasteiger partial charge in [0.1, 0.15) is 5.75 Å². The van der Waals surface area contributed by atoms with Gasteiger partial charge in [-0.1, -0.05) is 6.07 Å².